The second-order valence-corrected chi connectivity index (χ2v) is 6.85. The zero-order chi connectivity index (χ0) is 7.78. The first-order chi connectivity index (χ1) is 4.52. The molecule has 0 spiro atoms. The van der Waals surface area contributed by atoms with Crippen LogP contribution in [-0.2, 0) is 0 Å². The molecule has 0 nitrogen and oxygen atoms in total. The molecule has 3 aliphatic carbocycles. The normalized spacial score (nSPS) is 40.3. The van der Waals surface area contributed by atoms with Crippen LogP contribution in [0.3, 0.4) is 0 Å². The third kappa shape index (κ3) is 2.52. The van der Waals surface area contributed by atoms with E-state index in [1.807, 2.05) is 0 Å². The van der Waals surface area contributed by atoms with Crippen molar-refractivity contribution in [2.75, 3.05) is 0 Å². The van der Waals surface area contributed by atoms with Crippen LogP contribution in [0, 0.1) is 5.92 Å². The predicted octanol–water partition coefficient (Wildman–Crippen LogP) is 2.01. The van der Waals surface area contributed by atoms with Gasteiger partial charge in [0.15, 0.2) is 0 Å². The van der Waals surface area contributed by atoms with Gasteiger partial charge >= 0.3 is 81.2 Å². The van der Waals surface area contributed by atoms with Crippen LogP contribution >= 0.6 is 0 Å². The van der Waals surface area contributed by atoms with Gasteiger partial charge in [-0.25, -0.2) is 0 Å². The minimum atomic E-state index is -3.67. The van der Waals surface area contributed by atoms with E-state index in [-0.39, 0.29) is 0 Å². The van der Waals surface area contributed by atoms with Gasteiger partial charge in [-0.15, -0.1) is 0 Å². The molecular weight excluding hydrogens is 167 g/mol. The van der Waals surface area contributed by atoms with Crippen LogP contribution in [0.4, 0.5) is 12.9 Å². The molecule has 0 aromatic rings. The summed E-state index contributed by atoms with van der Waals surface area (Å²) in [5.41, 5.74) is 0. The van der Waals surface area contributed by atoms with Crippen molar-refractivity contribution < 1.29 is 12.9 Å². The molecule has 5 heteroatoms. The zero-order valence-corrected chi connectivity index (χ0v) is 9.03. The molecule has 3 aliphatic rings. The van der Waals surface area contributed by atoms with E-state index in [1.165, 1.54) is 5.92 Å². The van der Waals surface area contributed by atoms with E-state index in [0.717, 1.165) is 48.5 Å². The molecule has 52 valence electrons. The van der Waals surface area contributed by atoms with E-state index in [2.05, 4.69) is 0 Å². The molecule has 3 fully saturated rings. The Morgan fingerprint density at radius 1 is 1.20 bits per heavy atom. The van der Waals surface area contributed by atoms with Crippen molar-refractivity contribution in [1.29, 1.82) is 0 Å². The summed E-state index contributed by atoms with van der Waals surface area (Å²) in [5, 5.41) is 0. The second kappa shape index (κ2) is 3.48. The molecule has 0 radical (unpaired) electrons. The van der Waals surface area contributed by atoms with Crippen LogP contribution in [0.2, 0.25) is -0.490 Å². The third-order valence-corrected chi connectivity index (χ3v) is 4.26. The van der Waals surface area contributed by atoms with Gasteiger partial charge in [-0.1, -0.05) is 0 Å². The molecule has 2 bridgehead atoms. The van der Waals surface area contributed by atoms with Crippen molar-refractivity contribution in [2.24, 2.45) is 5.92 Å². The summed E-state index contributed by atoms with van der Waals surface area (Å²) < 4.78 is 30.1. The number of rotatable bonds is 0. The minimum absolute atomic E-state index is 1.05. The first kappa shape index (κ1) is 9.58. The quantitative estimate of drug-likeness (QED) is 0.492. The Bertz CT molecular complexity index is 110. The first-order valence-electron chi connectivity index (χ1n) is 3.44. The van der Waals surface area contributed by atoms with E-state index in [0.29, 0.717) is 0 Å². The van der Waals surface area contributed by atoms with Crippen LogP contribution in [0.1, 0.15) is 19.3 Å². The van der Waals surface area contributed by atoms with Gasteiger partial charge in [0.2, 0.25) is 0 Å². The predicted molar refractivity (Wildman–Crippen MR) is 34.9 cm³/mol. The molecule has 3 rings (SSSR count). The van der Waals surface area contributed by atoms with Gasteiger partial charge in [0.05, 0.1) is 0 Å². The van der Waals surface area contributed by atoms with Crippen molar-refractivity contribution in [2.45, 2.75) is 18.8 Å². The van der Waals surface area contributed by atoms with Gasteiger partial charge in [0.25, 0.3) is 0 Å². The van der Waals surface area contributed by atoms with Crippen molar-refractivity contribution >= 4 is 56.5 Å². The summed E-state index contributed by atoms with van der Waals surface area (Å²) in [6.45, 7) is 0. The SMILES string of the molecule is FB(F)F.[K][C]12CC(C1)C2. The van der Waals surface area contributed by atoms with Crippen molar-refractivity contribution in [1.82, 2.24) is 0 Å². The zero-order valence-electron chi connectivity index (χ0n) is 5.91. The summed E-state index contributed by atoms with van der Waals surface area (Å²) in [6.07, 6.45) is 4.90. The topological polar surface area (TPSA) is 0 Å². The Morgan fingerprint density at radius 2 is 1.40 bits per heavy atom. The summed E-state index contributed by atoms with van der Waals surface area (Å²) in [5.74, 6) is 1.22. The molecule has 0 atom stereocenters. The van der Waals surface area contributed by atoms with E-state index >= 15 is 0 Å². The summed E-state index contributed by atoms with van der Waals surface area (Å²) in [7, 11) is -3.67. The third-order valence-electron chi connectivity index (χ3n) is 2.34. The molecule has 0 aromatic heterocycles. The molecule has 0 aromatic carbocycles. The Hall–Kier alpha value is 1.49. The summed E-state index contributed by atoms with van der Waals surface area (Å²) in [4.78, 5) is 0. The Balaban J connectivity index is 0.000000112. The van der Waals surface area contributed by atoms with E-state index in [9.17, 15) is 12.9 Å². The van der Waals surface area contributed by atoms with Gasteiger partial charge < -0.3 is 0 Å². The van der Waals surface area contributed by atoms with Gasteiger partial charge in [0.1, 0.15) is 0 Å². The van der Waals surface area contributed by atoms with Crippen LogP contribution in [0.15, 0.2) is 0 Å². The van der Waals surface area contributed by atoms with Gasteiger partial charge in [0, 0.05) is 0 Å². The van der Waals surface area contributed by atoms with Crippen molar-refractivity contribution in [3.8, 4) is 0 Å². The monoisotopic (exact) mass is 174 g/mol. The fourth-order valence-electron chi connectivity index (χ4n) is 1.91. The van der Waals surface area contributed by atoms with E-state index in [1.54, 1.807) is 19.3 Å². The fraction of sp³-hybridized carbons (Fsp3) is 1.00. The summed E-state index contributed by atoms with van der Waals surface area (Å²) >= 11 is 1.16. The molecule has 0 aliphatic heterocycles. The van der Waals surface area contributed by atoms with Crippen LogP contribution < -0.4 is 0 Å². The first-order valence-corrected chi connectivity index (χ1v) is 5.00. The number of hydrogen-bond donors (Lipinski definition) is 0. The van der Waals surface area contributed by atoms with Gasteiger partial charge in [-0.3, -0.25) is 12.9 Å². The summed E-state index contributed by atoms with van der Waals surface area (Å²) in [6, 6.07) is 0. The fourth-order valence-corrected chi connectivity index (χ4v) is 4.62. The van der Waals surface area contributed by atoms with Crippen molar-refractivity contribution in [3.05, 3.63) is 0 Å². The van der Waals surface area contributed by atoms with Gasteiger partial charge in [-0.05, 0) is 0 Å². The van der Waals surface area contributed by atoms with Gasteiger partial charge in [-0.2, -0.15) is 0 Å². The average molecular weight is 174 g/mol. The van der Waals surface area contributed by atoms with E-state index in [4.69, 9.17) is 0 Å². The van der Waals surface area contributed by atoms with Crippen LogP contribution in [-0.4, -0.2) is 56.5 Å². The molecule has 0 heterocycles. The maximum absolute atomic E-state index is 9.67. The molecule has 0 amide bonds. The van der Waals surface area contributed by atoms with Crippen LogP contribution in [0.5, 0.6) is 0 Å². The molecular formula is C5H7BF3K. The molecule has 0 N–H and O–H groups in total. The Labute approximate surface area is 92.7 Å². The van der Waals surface area contributed by atoms with Crippen LogP contribution in [0.25, 0.3) is 0 Å². The number of hydrogen-bond acceptors (Lipinski definition) is 0. The maximum atomic E-state index is 9.67. The molecule has 10 heavy (non-hydrogen) atoms. The second-order valence-electron chi connectivity index (χ2n) is 3.54. The Morgan fingerprint density at radius 3 is 1.40 bits per heavy atom. The molecule has 0 saturated heterocycles. The average Bonchev–Trinajstić information content (AvgIpc) is 1.56. The molecule has 3 saturated carbocycles. The van der Waals surface area contributed by atoms with E-state index < -0.39 is 7.54 Å². The standard InChI is InChI=1S/C5H7.BF3.K/c1-4-2-5(1)3-4;2-1(3)4;/h4H,1-3H2;;. The number of halogens is 3. The van der Waals surface area contributed by atoms with Crippen molar-refractivity contribution in [3.63, 3.8) is 0 Å². The molecule has 0 unspecified atom stereocenters. The Kier molecular flexibility index (Phi) is 3.33.